The molecule has 4 nitrogen and oxygen atoms in total. The van der Waals surface area contributed by atoms with Crippen LogP contribution in [0.5, 0.6) is 0 Å². The predicted octanol–water partition coefficient (Wildman–Crippen LogP) is 2.66. The molecule has 0 aromatic carbocycles. The van der Waals surface area contributed by atoms with Crippen molar-refractivity contribution in [3.63, 3.8) is 0 Å². The number of amides is 1. The number of anilines is 2. The number of nitrogen functional groups attached to an aromatic ring is 1. The first-order chi connectivity index (χ1) is 7.56. The summed E-state index contributed by atoms with van der Waals surface area (Å²) in [7, 11) is 0. The fourth-order valence-electron chi connectivity index (χ4n) is 1.18. The molecule has 6 heteroatoms. The molecule has 0 saturated heterocycles. The Kier molecular flexibility index (Phi) is 2.93. The van der Waals surface area contributed by atoms with Gasteiger partial charge in [-0.3, -0.25) is 10.1 Å². The molecule has 3 N–H and O–H groups in total. The lowest BCUT2D eigenvalue weighted by Crippen LogP contribution is -2.09. The van der Waals surface area contributed by atoms with E-state index in [1.165, 1.54) is 22.7 Å². The van der Waals surface area contributed by atoms with Crippen LogP contribution in [0, 0.1) is 13.8 Å². The Bertz CT molecular complexity index is 510. The van der Waals surface area contributed by atoms with Gasteiger partial charge < -0.3 is 5.73 Å². The van der Waals surface area contributed by atoms with Crippen LogP contribution in [0.3, 0.4) is 0 Å². The normalized spacial score (nSPS) is 10.4. The van der Waals surface area contributed by atoms with Crippen LogP contribution in [-0.2, 0) is 0 Å². The van der Waals surface area contributed by atoms with E-state index in [0.29, 0.717) is 15.7 Å². The summed E-state index contributed by atoms with van der Waals surface area (Å²) in [5.41, 5.74) is 7.26. The summed E-state index contributed by atoms with van der Waals surface area (Å²) in [5, 5.41) is 5.25. The van der Waals surface area contributed by atoms with E-state index in [2.05, 4.69) is 10.3 Å². The molecule has 2 aromatic rings. The highest BCUT2D eigenvalue weighted by molar-refractivity contribution is 7.15. The fraction of sp³-hybridized carbons (Fsp3) is 0.200. The number of rotatable bonds is 2. The maximum atomic E-state index is 11.8. The SMILES string of the molecule is Cc1csc(NC(=O)c2cc(N)c(C)s2)n1. The molecule has 0 aliphatic rings. The first-order valence-corrected chi connectivity index (χ1v) is 6.35. The number of nitrogens with two attached hydrogens (primary N) is 1. The molecule has 0 saturated carbocycles. The zero-order valence-corrected chi connectivity index (χ0v) is 10.5. The van der Waals surface area contributed by atoms with E-state index >= 15 is 0 Å². The molecule has 2 rings (SSSR count). The minimum absolute atomic E-state index is 0.154. The largest absolute Gasteiger partial charge is 0.398 e. The Morgan fingerprint density at radius 3 is 2.75 bits per heavy atom. The average Bonchev–Trinajstić information content (AvgIpc) is 2.75. The number of thiophene rings is 1. The Labute approximate surface area is 101 Å². The van der Waals surface area contributed by atoms with Crippen LogP contribution >= 0.6 is 22.7 Å². The monoisotopic (exact) mass is 253 g/mol. The Hall–Kier alpha value is -1.40. The van der Waals surface area contributed by atoms with Gasteiger partial charge in [0.05, 0.1) is 10.6 Å². The average molecular weight is 253 g/mol. The van der Waals surface area contributed by atoms with Crippen LogP contribution in [0.15, 0.2) is 11.4 Å². The highest BCUT2D eigenvalue weighted by Crippen LogP contribution is 2.24. The van der Waals surface area contributed by atoms with E-state index in [1.807, 2.05) is 19.2 Å². The van der Waals surface area contributed by atoms with Crippen LogP contribution in [0.1, 0.15) is 20.2 Å². The summed E-state index contributed by atoms with van der Waals surface area (Å²) >= 11 is 2.80. The summed E-state index contributed by atoms with van der Waals surface area (Å²) < 4.78 is 0. The van der Waals surface area contributed by atoms with Crippen molar-refractivity contribution < 1.29 is 4.79 Å². The van der Waals surface area contributed by atoms with Gasteiger partial charge in [-0.15, -0.1) is 22.7 Å². The molecular weight excluding hydrogens is 242 g/mol. The van der Waals surface area contributed by atoms with E-state index in [4.69, 9.17) is 5.73 Å². The number of nitrogens with zero attached hydrogens (tertiary/aromatic N) is 1. The Morgan fingerprint density at radius 2 is 2.25 bits per heavy atom. The third-order valence-electron chi connectivity index (χ3n) is 2.02. The van der Waals surface area contributed by atoms with Gasteiger partial charge in [0.2, 0.25) is 0 Å². The lowest BCUT2D eigenvalue weighted by atomic mass is 10.4. The number of aryl methyl sites for hydroxylation is 2. The second kappa shape index (κ2) is 4.23. The number of carbonyl (C=O) groups is 1. The molecular formula is C10H11N3OS2. The lowest BCUT2D eigenvalue weighted by Gasteiger charge is -1.97. The molecule has 0 fully saturated rings. The Balaban J connectivity index is 2.14. The van der Waals surface area contributed by atoms with Crippen molar-refractivity contribution in [2.24, 2.45) is 0 Å². The molecule has 0 unspecified atom stereocenters. The van der Waals surface area contributed by atoms with Gasteiger partial charge in [-0.1, -0.05) is 0 Å². The van der Waals surface area contributed by atoms with Crippen LogP contribution in [0.4, 0.5) is 10.8 Å². The molecule has 0 aliphatic heterocycles. The van der Waals surface area contributed by atoms with Crippen LogP contribution in [0.25, 0.3) is 0 Å². The standard InChI is InChI=1S/C10H11N3OS2/c1-5-4-15-10(12-5)13-9(14)8-3-7(11)6(2)16-8/h3-4H,11H2,1-2H3,(H,12,13,14). The maximum Gasteiger partial charge on any atom is 0.267 e. The van der Waals surface area contributed by atoms with E-state index < -0.39 is 0 Å². The van der Waals surface area contributed by atoms with Gasteiger partial charge in [0.25, 0.3) is 5.91 Å². The quantitative estimate of drug-likeness (QED) is 0.864. The molecule has 84 valence electrons. The van der Waals surface area contributed by atoms with E-state index in [1.54, 1.807) is 6.07 Å². The third kappa shape index (κ3) is 2.23. The minimum atomic E-state index is -0.154. The Morgan fingerprint density at radius 1 is 1.50 bits per heavy atom. The van der Waals surface area contributed by atoms with Crippen molar-refractivity contribution in [3.05, 3.63) is 26.9 Å². The number of hydrogen-bond acceptors (Lipinski definition) is 5. The number of hydrogen-bond donors (Lipinski definition) is 2. The second-order valence-corrected chi connectivity index (χ2v) is 5.48. The number of aromatic nitrogens is 1. The zero-order valence-electron chi connectivity index (χ0n) is 8.90. The molecule has 2 aromatic heterocycles. The highest BCUT2D eigenvalue weighted by Gasteiger charge is 2.12. The zero-order chi connectivity index (χ0) is 11.7. The molecule has 0 bridgehead atoms. The first kappa shape index (κ1) is 11.1. The summed E-state index contributed by atoms with van der Waals surface area (Å²) in [5.74, 6) is -0.154. The molecule has 0 radical (unpaired) electrons. The van der Waals surface area contributed by atoms with Crippen molar-refractivity contribution in [2.45, 2.75) is 13.8 Å². The van der Waals surface area contributed by atoms with Crippen molar-refractivity contribution >= 4 is 39.4 Å². The molecule has 0 spiro atoms. The highest BCUT2D eigenvalue weighted by atomic mass is 32.1. The van der Waals surface area contributed by atoms with Gasteiger partial charge in [-0.05, 0) is 19.9 Å². The van der Waals surface area contributed by atoms with Crippen LogP contribution in [-0.4, -0.2) is 10.9 Å². The number of thiazole rings is 1. The predicted molar refractivity (Wildman–Crippen MR) is 68.3 cm³/mol. The van der Waals surface area contributed by atoms with Crippen molar-refractivity contribution in [2.75, 3.05) is 11.1 Å². The van der Waals surface area contributed by atoms with Gasteiger partial charge in [-0.2, -0.15) is 0 Å². The number of nitrogens with one attached hydrogen (secondary N) is 1. The van der Waals surface area contributed by atoms with Crippen molar-refractivity contribution in [1.82, 2.24) is 4.98 Å². The molecule has 1 amide bonds. The van der Waals surface area contributed by atoms with Gasteiger partial charge in [0, 0.05) is 15.9 Å². The maximum absolute atomic E-state index is 11.8. The fourth-order valence-corrected chi connectivity index (χ4v) is 2.70. The summed E-state index contributed by atoms with van der Waals surface area (Å²) in [6, 6.07) is 1.69. The van der Waals surface area contributed by atoms with E-state index in [9.17, 15) is 4.79 Å². The van der Waals surface area contributed by atoms with E-state index in [-0.39, 0.29) is 5.91 Å². The summed E-state index contributed by atoms with van der Waals surface area (Å²) in [6.45, 7) is 3.78. The summed E-state index contributed by atoms with van der Waals surface area (Å²) in [4.78, 5) is 17.5. The topological polar surface area (TPSA) is 68.0 Å². The van der Waals surface area contributed by atoms with Crippen molar-refractivity contribution in [3.8, 4) is 0 Å². The molecule has 0 aliphatic carbocycles. The molecule has 16 heavy (non-hydrogen) atoms. The minimum Gasteiger partial charge on any atom is -0.398 e. The summed E-state index contributed by atoms with van der Waals surface area (Å²) in [6.07, 6.45) is 0. The van der Waals surface area contributed by atoms with Crippen LogP contribution < -0.4 is 11.1 Å². The molecule has 2 heterocycles. The van der Waals surface area contributed by atoms with Crippen LogP contribution in [0.2, 0.25) is 0 Å². The van der Waals surface area contributed by atoms with Gasteiger partial charge >= 0.3 is 0 Å². The number of carbonyl (C=O) groups excluding carboxylic acids is 1. The van der Waals surface area contributed by atoms with E-state index in [0.717, 1.165) is 10.6 Å². The third-order valence-corrected chi connectivity index (χ3v) is 3.96. The smallest absolute Gasteiger partial charge is 0.267 e. The van der Waals surface area contributed by atoms with Gasteiger partial charge in [0.15, 0.2) is 5.13 Å². The first-order valence-electron chi connectivity index (χ1n) is 4.65. The lowest BCUT2D eigenvalue weighted by molar-refractivity contribution is 0.103. The van der Waals surface area contributed by atoms with Crippen molar-refractivity contribution in [1.29, 1.82) is 0 Å². The molecule has 0 atom stereocenters. The van der Waals surface area contributed by atoms with Gasteiger partial charge in [0.1, 0.15) is 0 Å². The second-order valence-electron chi connectivity index (χ2n) is 3.37. The van der Waals surface area contributed by atoms with Gasteiger partial charge in [-0.25, -0.2) is 4.98 Å².